The van der Waals surface area contributed by atoms with Gasteiger partial charge in [-0.05, 0) is 47.9 Å². The molecular formula is C29H32F4NO5P. The Labute approximate surface area is 230 Å². The predicted molar refractivity (Wildman–Crippen MR) is 146 cm³/mol. The van der Waals surface area contributed by atoms with Gasteiger partial charge < -0.3 is 19.8 Å². The van der Waals surface area contributed by atoms with Crippen LogP contribution in [0.3, 0.4) is 0 Å². The van der Waals surface area contributed by atoms with E-state index in [1.165, 1.54) is 43.9 Å². The first kappa shape index (κ1) is 31.3. The van der Waals surface area contributed by atoms with Gasteiger partial charge in [0.05, 0.1) is 17.9 Å². The number of ether oxygens (including phenoxy) is 1. The number of unbranched alkanes of at least 4 members (excludes halogenated alkanes) is 5. The Balaban J connectivity index is 1.64. The SMILES string of the molecule is CCCCCCCCOc1ccc(-c2ccc(C(=O)Nc3ccccc3C(F)(F)C(F)(F)P(=O)(O)O)cc2)cc1. The molecule has 0 unspecified atom stereocenters. The summed E-state index contributed by atoms with van der Waals surface area (Å²) < 4.78 is 73.9. The highest BCUT2D eigenvalue weighted by atomic mass is 31.2. The smallest absolute Gasteiger partial charge is 0.411 e. The van der Waals surface area contributed by atoms with Gasteiger partial charge in [0.1, 0.15) is 5.75 Å². The average Bonchev–Trinajstić information content (AvgIpc) is 2.92. The molecule has 0 aromatic heterocycles. The first-order valence-corrected chi connectivity index (χ1v) is 14.5. The van der Waals surface area contributed by atoms with Crippen LogP contribution in [0.5, 0.6) is 5.75 Å². The minimum atomic E-state index is -6.52. The van der Waals surface area contributed by atoms with E-state index in [-0.39, 0.29) is 5.56 Å². The van der Waals surface area contributed by atoms with Crippen molar-refractivity contribution in [2.45, 2.75) is 57.0 Å². The zero-order valence-corrected chi connectivity index (χ0v) is 22.9. The van der Waals surface area contributed by atoms with Crippen molar-refractivity contribution in [1.29, 1.82) is 0 Å². The van der Waals surface area contributed by atoms with Crippen molar-refractivity contribution in [2.75, 3.05) is 11.9 Å². The number of benzene rings is 3. The van der Waals surface area contributed by atoms with Crippen LogP contribution < -0.4 is 10.1 Å². The number of carbonyl (C=O) groups is 1. The number of halogens is 4. The van der Waals surface area contributed by atoms with Gasteiger partial charge in [-0.15, -0.1) is 0 Å². The van der Waals surface area contributed by atoms with Crippen LogP contribution >= 0.6 is 7.60 Å². The maximum absolute atomic E-state index is 14.6. The zero-order valence-electron chi connectivity index (χ0n) is 22.0. The molecule has 3 rings (SSSR count). The van der Waals surface area contributed by atoms with E-state index in [9.17, 15) is 26.9 Å². The molecule has 3 N–H and O–H groups in total. The highest BCUT2D eigenvalue weighted by Crippen LogP contribution is 2.63. The second-order valence-corrected chi connectivity index (χ2v) is 11.0. The molecule has 0 saturated heterocycles. The standard InChI is InChI=1S/C29H32F4NO5P/c1-2-3-4-5-6-9-20-39-24-18-16-22(17-19-24)21-12-14-23(15-13-21)27(35)34-26-11-8-7-10-25(26)28(30,31)29(32,33)40(36,37)38/h7-8,10-19H,2-6,9,20H2,1H3,(H,34,35)(H2,36,37,38). The van der Waals surface area contributed by atoms with E-state index < -0.39 is 36.3 Å². The number of anilines is 1. The van der Waals surface area contributed by atoms with Gasteiger partial charge in [-0.1, -0.05) is 81.5 Å². The van der Waals surface area contributed by atoms with Crippen molar-refractivity contribution in [1.82, 2.24) is 0 Å². The summed E-state index contributed by atoms with van der Waals surface area (Å²) >= 11 is 0. The molecule has 11 heteroatoms. The quantitative estimate of drug-likeness (QED) is 0.101. The fourth-order valence-corrected chi connectivity index (χ4v) is 4.52. The summed E-state index contributed by atoms with van der Waals surface area (Å²) in [6.45, 7) is 2.82. The van der Waals surface area contributed by atoms with Crippen LogP contribution in [0.25, 0.3) is 11.1 Å². The molecule has 0 aliphatic heterocycles. The molecular weight excluding hydrogens is 549 g/mol. The first-order valence-electron chi connectivity index (χ1n) is 12.9. The molecule has 0 aliphatic rings. The summed E-state index contributed by atoms with van der Waals surface area (Å²) in [6, 6.07) is 17.3. The number of nitrogens with one attached hydrogen (secondary N) is 1. The fraction of sp³-hybridized carbons (Fsp3) is 0.345. The summed E-state index contributed by atoms with van der Waals surface area (Å²) in [6.07, 6.45) is 7.03. The van der Waals surface area contributed by atoms with E-state index in [4.69, 9.17) is 14.5 Å². The second kappa shape index (κ2) is 13.4. The molecule has 0 atom stereocenters. The lowest BCUT2D eigenvalue weighted by molar-refractivity contribution is -0.174. The molecule has 0 heterocycles. The molecule has 0 spiro atoms. The largest absolute Gasteiger partial charge is 0.494 e. The number of carbonyl (C=O) groups excluding carboxylic acids is 1. The monoisotopic (exact) mass is 581 g/mol. The maximum Gasteiger partial charge on any atom is 0.411 e. The van der Waals surface area contributed by atoms with E-state index in [0.29, 0.717) is 12.7 Å². The fourth-order valence-electron chi connectivity index (χ4n) is 4.04. The molecule has 3 aromatic rings. The Morgan fingerprint density at radius 3 is 1.98 bits per heavy atom. The van der Waals surface area contributed by atoms with Gasteiger partial charge in [-0.25, -0.2) is 0 Å². The van der Waals surface area contributed by atoms with Gasteiger partial charge in [-0.2, -0.15) is 17.6 Å². The Morgan fingerprint density at radius 1 is 0.825 bits per heavy atom. The Kier molecular flexibility index (Phi) is 10.5. The van der Waals surface area contributed by atoms with E-state index in [2.05, 4.69) is 12.2 Å². The summed E-state index contributed by atoms with van der Waals surface area (Å²) in [4.78, 5) is 30.3. The van der Waals surface area contributed by atoms with Gasteiger partial charge in [0.15, 0.2) is 0 Å². The van der Waals surface area contributed by atoms with Crippen molar-refractivity contribution in [2.24, 2.45) is 0 Å². The molecule has 0 saturated carbocycles. The highest BCUT2D eigenvalue weighted by Gasteiger charge is 2.69. The number of hydrogen-bond donors (Lipinski definition) is 3. The second-order valence-electron chi connectivity index (χ2n) is 9.38. The molecule has 216 valence electrons. The minimum Gasteiger partial charge on any atom is -0.494 e. The number of hydrogen-bond acceptors (Lipinski definition) is 3. The summed E-state index contributed by atoms with van der Waals surface area (Å²) in [5.74, 6) is -5.38. The van der Waals surface area contributed by atoms with Gasteiger partial charge in [0, 0.05) is 5.56 Å². The maximum atomic E-state index is 14.6. The number of rotatable bonds is 14. The normalized spacial score (nSPS) is 12.3. The number of alkyl halides is 4. The van der Waals surface area contributed by atoms with Gasteiger partial charge in [-0.3, -0.25) is 9.36 Å². The Hall–Kier alpha value is -3.20. The third-order valence-corrected chi connectivity index (χ3v) is 7.37. The van der Waals surface area contributed by atoms with Gasteiger partial charge in [0.2, 0.25) is 0 Å². The van der Waals surface area contributed by atoms with Crippen LogP contribution in [-0.2, 0) is 10.5 Å². The highest BCUT2D eigenvalue weighted by molar-refractivity contribution is 7.53. The predicted octanol–water partition coefficient (Wildman–Crippen LogP) is 8.21. The summed E-state index contributed by atoms with van der Waals surface area (Å²) in [7, 11) is -6.52. The average molecular weight is 582 g/mol. The molecule has 0 aliphatic carbocycles. The van der Waals surface area contributed by atoms with Gasteiger partial charge in [0.25, 0.3) is 5.91 Å². The van der Waals surface area contributed by atoms with E-state index in [1.807, 2.05) is 24.3 Å². The third-order valence-electron chi connectivity index (χ3n) is 6.36. The minimum absolute atomic E-state index is 0.0579. The Morgan fingerprint density at radius 2 is 1.38 bits per heavy atom. The van der Waals surface area contributed by atoms with Crippen LogP contribution in [0.1, 0.15) is 61.4 Å². The molecule has 0 fully saturated rings. The van der Waals surface area contributed by atoms with Crippen LogP contribution in [0, 0.1) is 0 Å². The first-order chi connectivity index (χ1) is 18.9. The molecule has 0 radical (unpaired) electrons. The van der Waals surface area contributed by atoms with Crippen molar-refractivity contribution in [3.8, 4) is 16.9 Å². The van der Waals surface area contributed by atoms with Crippen LogP contribution in [0.15, 0.2) is 72.8 Å². The summed E-state index contributed by atoms with van der Waals surface area (Å²) in [5, 5.41) is 2.14. The lowest BCUT2D eigenvalue weighted by Gasteiger charge is -2.28. The number of para-hydroxylation sites is 1. The molecule has 0 bridgehead atoms. The van der Waals surface area contributed by atoms with Crippen LogP contribution in [0.4, 0.5) is 23.2 Å². The number of amides is 1. The van der Waals surface area contributed by atoms with Crippen molar-refractivity contribution >= 4 is 19.2 Å². The van der Waals surface area contributed by atoms with E-state index in [1.54, 1.807) is 12.1 Å². The molecule has 3 aromatic carbocycles. The van der Waals surface area contributed by atoms with Gasteiger partial charge >= 0.3 is 19.2 Å². The summed E-state index contributed by atoms with van der Waals surface area (Å²) in [5.41, 5.74) is -6.13. The lowest BCUT2D eigenvalue weighted by Crippen LogP contribution is -2.38. The van der Waals surface area contributed by atoms with E-state index >= 15 is 0 Å². The lowest BCUT2D eigenvalue weighted by atomic mass is 10.0. The van der Waals surface area contributed by atoms with Crippen LogP contribution in [0.2, 0.25) is 0 Å². The van der Waals surface area contributed by atoms with Crippen molar-refractivity contribution in [3.63, 3.8) is 0 Å². The van der Waals surface area contributed by atoms with E-state index in [0.717, 1.165) is 41.9 Å². The Bertz CT molecular complexity index is 1310. The van der Waals surface area contributed by atoms with Crippen LogP contribution in [-0.4, -0.2) is 28.0 Å². The van der Waals surface area contributed by atoms with Crippen molar-refractivity contribution < 1.29 is 41.4 Å². The molecule has 6 nitrogen and oxygen atoms in total. The zero-order chi connectivity index (χ0) is 29.4. The van der Waals surface area contributed by atoms with Crippen molar-refractivity contribution in [3.05, 3.63) is 83.9 Å². The molecule has 1 amide bonds. The topological polar surface area (TPSA) is 95.9 Å². The molecule has 40 heavy (non-hydrogen) atoms. The third kappa shape index (κ3) is 7.50.